The van der Waals surface area contributed by atoms with E-state index in [-0.39, 0.29) is 23.3 Å². The zero-order valence-electron chi connectivity index (χ0n) is 14.8. The third kappa shape index (κ3) is 3.98. The minimum Gasteiger partial charge on any atom is -0.326 e. The van der Waals surface area contributed by atoms with Gasteiger partial charge in [-0.2, -0.15) is 8.68 Å². The average molecular weight is 480 g/mol. The molecule has 1 aliphatic rings. The lowest BCUT2D eigenvalue weighted by Crippen LogP contribution is -2.43. The molecule has 1 fully saturated rings. The van der Waals surface area contributed by atoms with E-state index < -0.39 is 10.0 Å². The van der Waals surface area contributed by atoms with Crippen molar-refractivity contribution in [1.82, 2.24) is 8.68 Å². The molecule has 0 spiro atoms. The summed E-state index contributed by atoms with van der Waals surface area (Å²) in [6.07, 6.45) is 3.09. The number of nitrogens with one attached hydrogen (secondary N) is 1. The first-order valence-electron chi connectivity index (χ1n) is 8.84. The molecule has 9 heteroatoms. The fourth-order valence-electron chi connectivity index (χ4n) is 3.32. The Bertz CT molecular complexity index is 1110. The second kappa shape index (κ2) is 7.90. The lowest BCUT2D eigenvalue weighted by molar-refractivity contribution is -0.120. The number of piperidine rings is 1. The highest BCUT2D eigenvalue weighted by molar-refractivity contribution is 9.10. The molecular weight excluding hydrogens is 462 g/mol. The monoisotopic (exact) mass is 479 g/mol. The van der Waals surface area contributed by atoms with Crippen LogP contribution in [0.5, 0.6) is 0 Å². The highest BCUT2D eigenvalue weighted by Gasteiger charge is 2.33. The highest BCUT2D eigenvalue weighted by Crippen LogP contribution is 2.27. The molecule has 3 aromatic rings. The van der Waals surface area contributed by atoms with Crippen molar-refractivity contribution in [2.24, 2.45) is 5.92 Å². The zero-order chi connectivity index (χ0) is 19.7. The molecule has 2 heterocycles. The molecule has 0 aliphatic carbocycles. The first kappa shape index (κ1) is 19.5. The van der Waals surface area contributed by atoms with E-state index in [9.17, 15) is 13.2 Å². The Morgan fingerprint density at radius 2 is 2.00 bits per heavy atom. The third-order valence-electron chi connectivity index (χ3n) is 4.83. The molecular formula is C19H18BrN3O3S2. The second-order valence-electron chi connectivity index (χ2n) is 6.72. The summed E-state index contributed by atoms with van der Waals surface area (Å²) in [5.41, 5.74) is 0.700. The van der Waals surface area contributed by atoms with Gasteiger partial charge in [0.05, 0.1) is 15.5 Å². The molecule has 0 radical (unpaired) electrons. The quantitative estimate of drug-likeness (QED) is 0.610. The van der Waals surface area contributed by atoms with Gasteiger partial charge in [0.15, 0.2) is 0 Å². The van der Waals surface area contributed by atoms with Gasteiger partial charge in [-0.3, -0.25) is 4.79 Å². The van der Waals surface area contributed by atoms with Crippen molar-refractivity contribution >= 4 is 59.2 Å². The number of hydrogen-bond acceptors (Lipinski definition) is 5. The molecule has 1 N–H and O–H groups in total. The summed E-state index contributed by atoms with van der Waals surface area (Å²) in [6.45, 7) is 0.612. The molecule has 0 saturated carbocycles. The molecule has 1 amide bonds. The molecule has 0 bridgehead atoms. The summed E-state index contributed by atoms with van der Waals surface area (Å²) < 4.78 is 33.3. The van der Waals surface area contributed by atoms with Gasteiger partial charge in [0.25, 0.3) is 0 Å². The number of fused-ring (bicyclic) bond motifs is 1. The summed E-state index contributed by atoms with van der Waals surface area (Å²) in [5.74, 6) is -0.534. The maximum atomic E-state index is 12.9. The number of carbonyl (C=O) groups is 1. The number of aromatic nitrogens is 1. The Morgan fingerprint density at radius 1 is 1.21 bits per heavy atom. The van der Waals surface area contributed by atoms with E-state index in [1.54, 1.807) is 30.5 Å². The number of carbonyl (C=O) groups excluding carboxylic acids is 1. The third-order valence-corrected chi connectivity index (χ3v) is 8.01. The Hall–Kier alpha value is -1.81. The Kier molecular flexibility index (Phi) is 5.50. The molecule has 6 nitrogen and oxygen atoms in total. The number of halogens is 1. The SMILES string of the molecule is O=C(Nc1ccc2sncc2c1)[C@H]1CCCN(S(=O)(=O)c2ccc(Br)cc2)C1. The highest BCUT2D eigenvalue weighted by atomic mass is 79.9. The van der Waals surface area contributed by atoms with Crippen LogP contribution in [0.3, 0.4) is 0 Å². The summed E-state index contributed by atoms with van der Waals surface area (Å²) >= 11 is 4.72. The fraction of sp³-hybridized carbons (Fsp3) is 0.263. The van der Waals surface area contributed by atoms with E-state index in [1.807, 2.05) is 18.2 Å². The van der Waals surface area contributed by atoms with E-state index in [2.05, 4.69) is 25.6 Å². The van der Waals surface area contributed by atoms with Crippen molar-refractivity contribution in [1.29, 1.82) is 0 Å². The van der Waals surface area contributed by atoms with Crippen LogP contribution in [0.15, 0.2) is 58.0 Å². The molecule has 146 valence electrons. The van der Waals surface area contributed by atoms with Crippen molar-refractivity contribution in [3.63, 3.8) is 0 Å². The Balaban J connectivity index is 1.48. The molecule has 2 aromatic carbocycles. The number of rotatable bonds is 4. The van der Waals surface area contributed by atoms with Gasteiger partial charge in [-0.1, -0.05) is 15.9 Å². The van der Waals surface area contributed by atoms with Gasteiger partial charge in [0.1, 0.15) is 0 Å². The van der Waals surface area contributed by atoms with E-state index >= 15 is 0 Å². The van der Waals surface area contributed by atoms with Gasteiger partial charge >= 0.3 is 0 Å². The van der Waals surface area contributed by atoms with Gasteiger partial charge in [-0.05, 0) is 66.8 Å². The van der Waals surface area contributed by atoms with E-state index in [4.69, 9.17) is 0 Å². The van der Waals surface area contributed by atoms with Crippen LogP contribution in [0.2, 0.25) is 0 Å². The van der Waals surface area contributed by atoms with Crippen LogP contribution in [0.4, 0.5) is 5.69 Å². The number of nitrogens with zero attached hydrogens (tertiary/aromatic N) is 2. The van der Waals surface area contributed by atoms with Gasteiger partial charge in [-0.25, -0.2) is 8.42 Å². The van der Waals surface area contributed by atoms with Gasteiger partial charge < -0.3 is 5.32 Å². The van der Waals surface area contributed by atoms with Crippen LogP contribution in [0.25, 0.3) is 10.1 Å². The van der Waals surface area contributed by atoms with Crippen molar-refractivity contribution < 1.29 is 13.2 Å². The van der Waals surface area contributed by atoms with Gasteiger partial charge in [0, 0.05) is 34.8 Å². The smallest absolute Gasteiger partial charge is 0.243 e. The van der Waals surface area contributed by atoms with Crippen molar-refractivity contribution in [2.75, 3.05) is 18.4 Å². The van der Waals surface area contributed by atoms with E-state index in [0.29, 0.717) is 25.1 Å². The summed E-state index contributed by atoms with van der Waals surface area (Å²) in [4.78, 5) is 13.0. The van der Waals surface area contributed by atoms with Crippen LogP contribution in [-0.4, -0.2) is 36.1 Å². The van der Waals surface area contributed by atoms with Crippen LogP contribution in [0.1, 0.15) is 12.8 Å². The minimum absolute atomic E-state index is 0.154. The predicted octanol–water partition coefficient (Wildman–Crippen LogP) is 4.10. The second-order valence-corrected chi connectivity index (χ2v) is 10.4. The number of hydrogen-bond donors (Lipinski definition) is 1. The van der Waals surface area contributed by atoms with E-state index in [1.165, 1.54) is 15.8 Å². The van der Waals surface area contributed by atoms with Crippen LogP contribution < -0.4 is 5.32 Å². The molecule has 0 unspecified atom stereocenters. The summed E-state index contributed by atoms with van der Waals surface area (Å²) in [6, 6.07) is 12.2. The van der Waals surface area contributed by atoms with Crippen molar-refractivity contribution in [3.8, 4) is 0 Å². The molecule has 1 aliphatic heterocycles. The minimum atomic E-state index is -3.61. The number of amides is 1. The van der Waals surface area contributed by atoms with Gasteiger partial charge in [-0.15, -0.1) is 0 Å². The van der Waals surface area contributed by atoms with Crippen LogP contribution in [0, 0.1) is 5.92 Å². The molecule has 1 atom stereocenters. The van der Waals surface area contributed by atoms with E-state index in [0.717, 1.165) is 14.6 Å². The molecule has 1 aromatic heterocycles. The molecule has 4 rings (SSSR count). The Labute approximate surface area is 175 Å². The lowest BCUT2D eigenvalue weighted by Gasteiger charge is -2.31. The number of sulfonamides is 1. The lowest BCUT2D eigenvalue weighted by atomic mass is 9.98. The summed E-state index contributed by atoms with van der Waals surface area (Å²) in [5, 5.41) is 3.90. The van der Waals surface area contributed by atoms with Crippen LogP contribution in [-0.2, 0) is 14.8 Å². The topological polar surface area (TPSA) is 79.4 Å². The Morgan fingerprint density at radius 3 is 2.79 bits per heavy atom. The number of anilines is 1. The largest absolute Gasteiger partial charge is 0.326 e. The van der Waals surface area contributed by atoms with Crippen molar-refractivity contribution in [3.05, 3.63) is 53.1 Å². The summed E-state index contributed by atoms with van der Waals surface area (Å²) in [7, 11) is -3.61. The molecule has 1 saturated heterocycles. The normalized spacial score (nSPS) is 18.2. The first-order chi connectivity index (χ1) is 13.4. The molecule has 28 heavy (non-hydrogen) atoms. The number of benzene rings is 2. The van der Waals surface area contributed by atoms with Crippen molar-refractivity contribution in [2.45, 2.75) is 17.7 Å². The maximum absolute atomic E-state index is 12.9. The average Bonchev–Trinajstić information content (AvgIpc) is 3.16. The predicted molar refractivity (Wildman–Crippen MR) is 114 cm³/mol. The first-order valence-corrected chi connectivity index (χ1v) is 11.9. The maximum Gasteiger partial charge on any atom is 0.243 e. The van der Waals surface area contributed by atoms with Crippen LogP contribution >= 0.6 is 27.5 Å². The fourth-order valence-corrected chi connectivity index (χ4v) is 5.74. The van der Waals surface area contributed by atoms with Gasteiger partial charge in [0.2, 0.25) is 15.9 Å². The standard InChI is InChI=1S/C19H18BrN3O3S2/c20-15-3-6-17(7-4-15)28(25,26)23-9-1-2-13(12-23)19(24)22-16-5-8-18-14(10-16)11-21-27-18/h3-8,10-11,13H,1-2,9,12H2,(H,22,24)/t13-/m0/s1. The zero-order valence-corrected chi connectivity index (χ0v) is 18.1.